The molecule has 0 aromatic carbocycles. The van der Waals surface area contributed by atoms with Crippen LogP contribution < -0.4 is 0 Å². The molecule has 0 aromatic heterocycles. The van der Waals surface area contributed by atoms with Crippen LogP contribution >= 0.6 is 0 Å². The van der Waals surface area contributed by atoms with E-state index in [-0.39, 0.29) is 17.6 Å². The van der Waals surface area contributed by atoms with Gasteiger partial charge in [-0.25, -0.2) is 0 Å². The van der Waals surface area contributed by atoms with Crippen LogP contribution in [-0.2, 0) is 9.53 Å². The van der Waals surface area contributed by atoms with Crippen LogP contribution in [0.5, 0.6) is 0 Å². The highest BCUT2D eigenvalue weighted by Gasteiger charge is 2.22. The molecule has 1 fully saturated rings. The van der Waals surface area contributed by atoms with Crippen molar-refractivity contribution in [1.82, 2.24) is 0 Å². The molecule has 1 aliphatic rings. The van der Waals surface area contributed by atoms with Gasteiger partial charge >= 0.3 is 0 Å². The van der Waals surface area contributed by atoms with E-state index in [0.717, 1.165) is 19.4 Å². The van der Waals surface area contributed by atoms with Crippen LogP contribution in [0, 0.1) is 23.2 Å². The van der Waals surface area contributed by atoms with Gasteiger partial charge in [-0.1, -0.05) is 0 Å². The third-order valence-electron chi connectivity index (χ3n) is 2.34. The maximum absolute atomic E-state index is 11.5. The molecule has 13 heavy (non-hydrogen) atoms. The molecule has 2 unspecified atom stereocenters. The van der Waals surface area contributed by atoms with Crippen molar-refractivity contribution in [2.75, 3.05) is 13.2 Å². The summed E-state index contributed by atoms with van der Waals surface area (Å²) in [4.78, 5) is 11.5. The maximum atomic E-state index is 11.5. The molecule has 0 bridgehead atoms. The summed E-state index contributed by atoms with van der Waals surface area (Å²) in [6.07, 6.45) is 2.28. The van der Waals surface area contributed by atoms with E-state index in [1.54, 1.807) is 6.92 Å². The van der Waals surface area contributed by atoms with Crippen LogP contribution in [0.1, 0.15) is 26.2 Å². The van der Waals surface area contributed by atoms with Gasteiger partial charge in [0.1, 0.15) is 5.78 Å². The van der Waals surface area contributed by atoms with Crippen LogP contribution in [0.25, 0.3) is 0 Å². The van der Waals surface area contributed by atoms with Gasteiger partial charge in [0.25, 0.3) is 0 Å². The van der Waals surface area contributed by atoms with E-state index in [9.17, 15) is 4.79 Å². The highest BCUT2D eigenvalue weighted by molar-refractivity contribution is 5.81. The molecule has 0 spiro atoms. The molecule has 2 atom stereocenters. The van der Waals surface area contributed by atoms with Gasteiger partial charge in [-0.05, 0) is 19.8 Å². The molecule has 1 rings (SSSR count). The summed E-state index contributed by atoms with van der Waals surface area (Å²) in [7, 11) is 0. The highest BCUT2D eigenvalue weighted by Crippen LogP contribution is 2.17. The summed E-state index contributed by atoms with van der Waals surface area (Å²) in [5.41, 5.74) is 0. The molecule has 3 heteroatoms. The van der Waals surface area contributed by atoms with Gasteiger partial charge in [-0.3, -0.25) is 4.79 Å². The summed E-state index contributed by atoms with van der Waals surface area (Å²) in [6, 6.07) is 2.07. The molecule has 1 saturated heterocycles. The van der Waals surface area contributed by atoms with Gasteiger partial charge in [0.15, 0.2) is 0 Å². The average Bonchev–Trinajstić information content (AvgIpc) is 2.19. The molecule has 0 N–H and O–H groups in total. The fourth-order valence-electron chi connectivity index (χ4n) is 1.51. The van der Waals surface area contributed by atoms with E-state index in [2.05, 4.69) is 6.07 Å². The molecule has 0 radical (unpaired) electrons. The smallest absolute Gasteiger partial charge is 0.139 e. The monoisotopic (exact) mass is 181 g/mol. The van der Waals surface area contributed by atoms with E-state index in [1.807, 2.05) is 0 Å². The first-order valence-electron chi connectivity index (χ1n) is 4.74. The molecule has 3 nitrogen and oxygen atoms in total. The zero-order chi connectivity index (χ0) is 9.68. The molecular weight excluding hydrogens is 166 g/mol. The minimum Gasteiger partial charge on any atom is -0.381 e. The number of hydrogen-bond acceptors (Lipinski definition) is 3. The second-order valence-corrected chi connectivity index (χ2v) is 3.61. The van der Waals surface area contributed by atoms with Crippen molar-refractivity contribution in [3.8, 4) is 6.07 Å². The lowest BCUT2D eigenvalue weighted by atomic mass is 9.92. The Labute approximate surface area is 78.7 Å². The van der Waals surface area contributed by atoms with E-state index in [4.69, 9.17) is 10.00 Å². The largest absolute Gasteiger partial charge is 0.381 e. The van der Waals surface area contributed by atoms with Gasteiger partial charge in [0.2, 0.25) is 0 Å². The molecule has 0 saturated carbocycles. The fraction of sp³-hybridized carbons (Fsp3) is 0.800. The number of nitrogens with zero attached hydrogens (tertiary/aromatic N) is 1. The van der Waals surface area contributed by atoms with Crippen molar-refractivity contribution in [3.05, 3.63) is 0 Å². The van der Waals surface area contributed by atoms with E-state index >= 15 is 0 Å². The van der Waals surface area contributed by atoms with Crippen molar-refractivity contribution in [2.45, 2.75) is 26.2 Å². The SMILES string of the molecule is CC(C#N)CC(=O)C1CCCOC1. The highest BCUT2D eigenvalue weighted by atomic mass is 16.5. The van der Waals surface area contributed by atoms with Crippen molar-refractivity contribution in [2.24, 2.45) is 11.8 Å². The Morgan fingerprint density at radius 2 is 2.54 bits per heavy atom. The Morgan fingerprint density at radius 1 is 1.77 bits per heavy atom. The number of ether oxygens (including phenoxy) is 1. The molecule has 1 aliphatic heterocycles. The summed E-state index contributed by atoms with van der Waals surface area (Å²) >= 11 is 0. The minimum absolute atomic E-state index is 0.0459. The number of hydrogen-bond donors (Lipinski definition) is 0. The number of ketones is 1. The standard InChI is InChI=1S/C10H15NO2/c1-8(6-11)5-10(12)9-3-2-4-13-7-9/h8-9H,2-5,7H2,1H3. The van der Waals surface area contributed by atoms with Crippen LogP contribution in [0.3, 0.4) is 0 Å². The topological polar surface area (TPSA) is 50.1 Å². The van der Waals surface area contributed by atoms with Crippen molar-refractivity contribution in [3.63, 3.8) is 0 Å². The third-order valence-corrected chi connectivity index (χ3v) is 2.34. The number of nitriles is 1. The van der Waals surface area contributed by atoms with Crippen molar-refractivity contribution < 1.29 is 9.53 Å². The summed E-state index contributed by atoms with van der Waals surface area (Å²) in [5, 5.41) is 8.55. The molecular formula is C10H15NO2. The predicted octanol–water partition coefficient (Wildman–Crippen LogP) is 1.53. The summed E-state index contributed by atoms with van der Waals surface area (Å²) < 4.78 is 5.21. The quantitative estimate of drug-likeness (QED) is 0.663. The van der Waals surface area contributed by atoms with Gasteiger partial charge in [0.05, 0.1) is 18.6 Å². The number of Topliss-reactive ketones (excluding diaryl/α,β-unsaturated/α-hetero) is 1. The normalized spacial score (nSPS) is 24.8. The summed E-state index contributed by atoms with van der Waals surface area (Å²) in [5.74, 6) is 0.0766. The lowest BCUT2D eigenvalue weighted by molar-refractivity contribution is -0.127. The second-order valence-electron chi connectivity index (χ2n) is 3.61. The molecule has 0 aromatic rings. The Morgan fingerprint density at radius 3 is 3.08 bits per heavy atom. The van der Waals surface area contributed by atoms with Crippen molar-refractivity contribution in [1.29, 1.82) is 5.26 Å². The first-order valence-corrected chi connectivity index (χ1v) is 4.74. The molecule has 0 aliphatic carbocycles. The number of carbonyl (C=O) groups excluding carboxylic acids is 1. The Bertz CT molecular complexity index is 213. The minimum atomic E-state index is -0.158. The molecule has 72 valence electrons. The first-order chi connectivity index (χ1) is 6.24. The number of rotatable bonds is 3. The third kappa shape index (κ3) is 3.16. The Kier molecular flexibility index (Phi) is 3.91. The van der Waals surface area contributed by atoms with Gasteiger partial charge in [-0.15, -0.1) is 0 Å². The first kappa shape index (κ1) is 10.2. The second kappa shape index (κ2) is 4.98. The summed E-state index contributed by atoms with van der Waals surface area (Å²) in [6.45, 7) is 3.11. The van der Waals surface area contributed by atoms with Gasteiger partial charge < -0.3 is 4.74 Å². The Balaban J connectivity index is 2.34. The maximum Gasteiger partial charge on any atom is 0.139 e. The zero-order valence-corrected chi connectivity index (χ0v) is 7.95. The Hall–Kier alpha value is -0.880. The van der Waals surface area contributed by atoms with Crippen molar-refractivity contribution >= 4 is 5.78 Å². The van der Waals surface area contributed by atoms with Crippen LogP contribution in [0.4, 0.5) is 0 Å². The van der Waals surface area contributed by atoms with Crippen LogP contribution in [-0.4, -0.2) is 19.0 Å². The zero-order valence-electron chi connectivity index (χ0n) is 7.95. The lowest BCUT2D eigenvalue weighted by Crippen LogP contribution is -2.26. The predicted molar refractivity (Wildman–Crippen MR) is 47.9 cm³/mol. The van der Waals surface area contributed by atoms with E-state index < -0.39 is 0 Å². The van der Waals surface area contributed by atoms with Crippen LogP contribution in [0.2, 0.25) is 0 Å². The molecule has 0 amide bonds. The average molecular weight is 181 g/mol. The van der Waals surface area contributed by atoms with Gasteiger partial charge in [0, 0.05) is 18.9 Å². The van der Waals surface area contributed by atoms with Crippen LogP contribution in [0.15, 0.2) is 0 Å². The number of carbonyl (C=O) groups is 1. The molecule has 1 heterocycles. The van der Waals surface area contributed by atoms with E-state index in [1.165, 1.54) is 0 Å². The van der Waals surface area contributed by atoms with E-state index in [0.29, 0.717) is 13.0 Å². The lowest BCUT2D eigenvalue weighted by Gasteiger charge is -2.20. The van der Waals surface area contributed by atoms with Gasteiger partial charge in [-0.2, -0.15) is 5.26 Å². The fourth-order valence-corrected chi connectivity index (χ4v) is 1.51.